The molecule has 4 heterocycles. The van der Waals surface area contributed by atoms with E-state index in [1.54, 1.807) is 27.0 Å². The maximum absolute atomic E-state index is 12.5. The fourth-order valence-corrected chi connectivity index (χ4v) is 4.14. The van der Waals surface area contributed by atoms with Crippen molar-refractivity contribution in [1.82, 2.24) is 24.7 Å². The third kappa shape index (κ3) is 4.73. The normalized spacial score (nSPS) is 11.8. The summed E-state index contributed by atoms with van der Waals surface area (Å²) in [6.45, 7) is 5.51. The molecule has 0 aliphatic rings. The first-order valence-electron chi connectivity index (χ1n) is 11.9. The molecule has 0 radical (unpaired) electrons. The molecule has 1 aromatic carbocycles. The van der Waals surface area contributed by atoms with E-state index in [9.17, 15) is 9.59 Å². The highest BCUT2D eigenvalue weighted by Crippen LogP contribution is 2.28. The number of likely N-dealkylation sites (N-methyl/N-ethyl adjacent to an activating group) is 1. The zero-order chi connectivity index (χ0) is 26.1. The number of H-pyrrole nitrogens is 1. The van der Waals surface area contributed by atoms with Gasteiger partial charge in [0.15, 0.2) is 0 Å². The molecule has 184 valence electrons. The fourth-order valence-electron chi connectivity index (χ4n) is 4.14. The zero-order valence-corrected chi connectivity index (χ0v) is 21.0. The van der Waals surface area contributed by atoms with Crippen molar-refractivity contribution in [1.29, 1.82) is 0 Å². The molecule has 8 nitrogen and oxygen atoms in total. The van der Waals surface area contributed by atoms with Gasteiger partial charge in [0.2, 0.25) is 5.91 Å². The number of aryl methyl sites for hydroxylation is 2. The second kappa shape index (κ2) is 9.72. The molecule has 4 aromatic heterocycles. The largest absolute Gasteiger partial charge is 0.322 e. The summed E-state index contributed by atoms with van der Waals surface area (Å²) in [6.07, 6.45) is 1.96. The SMILES string of the molecule is CNC(C)C(=O)Nc1ccc(-c2c(C)nc3ccccn23)c(C#Cc2ccc3[nH]c(=O)c(C)cc3c2)n1. The van der Waals surface area contributed by atoms with E-state index in [2.05, 4.69) is 32.4 Å². The van der Waals surface area contributed by atoms with Crippen LogP contribution in [0.15, 0.2) is 65.6 Å². The molecule has 1 amide bonds. The van der Waals surface area contributed by atoms with Gasteiger partial charge in [0.1, 0.15) is 17.2 Å². The van der Waals surface area contributed by atoms with E-state index in [4.69, 9.17) is 4.98 Å². The van der Waals surface area contributed by atoms with E-state index in [-0.39, 0.29) is 17.5 Å². The highest BCUT2D eigenvalue weighted by atomic mass is 16.2. The Morgan fingerprint density at radius 3 is 2.70 bits per heavy atom. The third-order valence-electron chi connectivity index (χ3n) is 6.29. The lowest BCUT2D eigenvalue weighted by molar-refractivity contribution is -0.117. The predicted molar refractivity (Wildman–Crippen MR) is 146 cm³/mol. The summed E-state index contributed by atoms with van der Waals surface area (Å²) in [6, 6.07) is 16.7. The minimum absolute atomic E-state index is 0.102. The lowest BCUT2D eigenvalue weighted by atomic mass is 10.1. The molecule has 5 aromatic rings. The standard InChI is InChI=1S/C29H26N6O2/c1-17-15-21-16-20(8-11-23(21)33-28(17)36)9-12-24-22(10-13-25(32-24)34-29(37)19(3)30-4)27-18(2)31-26-7-5-6-14-35(26)27/h5-8,10-11,13-16,19,30H,1-4H3,(H,33,36)(H,32,34,37). The van der Waals surface area contributed by atoms with Crippen LogP contribution in [0.5, 0.6) is 0 Å². The van der Waals surface area contributed by atoms with Crippen molar-refractivity contribution in [3.8, 4) is 23.1 Å². The van der Waals surface area contributed by atoms with Crippen LogP contribution < -0.4 is 16.2 Å². The number of imidazole rings is 1. The fraction of sp³-hybridized carbons (Fsp3) is 0.172. The van der Waals surface area contributed by atoms with Crippen molar-refractivity contribution >= 4 is 28.3 Å². The summed E-state index contributed by atoms with van der Waals surface area (Å²) in [5.41, 5.74) is 5.96. The Hall–Kier alpha value is -4.74. The van der Waals surface area contributed by atoms with Gasteiger partial charge in [-0.25, -0.2) is 9.97 Å². The van der Waals surface area contributed by atoms with E-state index in [0.717, 1.165) is 39.1 Å². The summed E-state index contributed by atoms with van der Waals surface area (Å²) in [5, 5.41) is 6.68. The number of carbonyl (C=O) groups excluding carboxylic acids is 1. The van der Waals surface area contributed by atoms with E-state index in [1.165, 1.54) is 0 Å². The topological polar surface area (TPSA) is 104 Å². The molecule has 0 spiro atoms. The Morgan fingerprint density at radius 1 is 1.05 bits per heavy atom. The van der Waals surface area contributed by atoms with Gasteiger partial charge in [-0.05, 0) is 87.7 Å². The first-order valence-corrected chi connectivity index (χ1v) is 11.9. The van der Waals surface area contributed by atoms with Gasteiger partial charge in [-0.3, -0.25) is 14.0 Å². The molecule has 0 fully saturated rings. The molecule has 37 heavy (non-hydrogen) atoms. The Kier molecular flexibility index (Phi) is 6.30. The van der Waals surface area contributed by atoms with Crippen LogP contribution in [0, 0.1) is 25.7 Å². The predicted octanol–water partition coefficient (Wildman–Crippen LogP) is 3.80. The number of rotatable bonds is 4. The van der Waals surface area contributed by atoms with Crippen LogP contribution in [0.25, 0.3) is 27.8 Å². The number of fused-ring (bicyclic) bond motifs is 2. The maximum atomic E-state index is 12.5. The van der Waals surface area contributed by atoms with Gasteiger partial charge in [-0.1, -0.05) is 12.0 Å². The number of amides is 1. The van der Waals surface area contributed by atoms with Crippen molar-refractivity contribution < 1.29 is 4.79 Å². The Balaban J connectivity index is 1.63. The Labute approximate surface area is 213 Å². The zero-order valence-electron chi connectivity index (χ0n) is 21.0. The van der Waals surface area contributed by atoms with Gasteiger partial charge in [0, 0.05) is 28.4 Å². The van der Waals surface area contributed by atoms with Gasteiger partial charge in [-0.2, -0.15) is 0 Å². The van der Waals surface area contributed by atoms with Crippen LogP contribution in [-0.2, 0) is 4.79 Å². The summed E-state index contributed by atoms with van der Waals surface area (Å²) in [5.74, 6) is 6.66. The van der Waals surface area contributed by atoms with Crippen LogP contribution >= 0.6 is 0 Å². The van der Waals surface area contributed by atoms with Crippen LogP contribution in [0.4, 0.5) is 5.82 Å². The van der Waals surface area contributed by atoms with Crippen molar-refractivity contribution in [3.63, 3.8) is 0 Å². The monoisotopic (exact) mass is 490 g/mol. The molecule has 0 saturated heterocycles. The molecular formula is C29H26N6O2. The maximum Gasteiger partial charge on any atom is 0.251 e. The van der Waals surface area contributed by atoms with E-state index < -0.39 is 0 Å². The highest BCUT2D eigenvalue weighted by Gasteiger charge is 2.17. The molecular weight excluding hydrogens is 464 g/mol. The van der Waals surface area contributed by atoms with Gasteiger partial charge >= 0.3 is 0 Å². The minimum atomic E-state index is -0.371. The number of hydrogen-bond donors (Lipinski definition) is 3. The van der Waals surface area contributed by atoms with Gasteiger partial charge in [0.25, 0.3) is 5.56 Å². The van der Waals surface area contributed by atoms with Crippen molar-refractivity contribution in [2.75, 3.05) is 12.4 Å². The number of aromatic amines is 1. The second-order valence-electron chi connectivity index (χ2n) is 8.90. The summed E-state index contributed by atoms with van der Waals surface area (Å²) in [4.78, 5) is 36.7. The summed E-state index contributed by atoms with van der Waals surface area (Å²) < 4.78 is 2.01. The average molecular weight is 491 g/mol. The average Bonchev–Trinajstić information content (AvgIpc) is 3.23. The smallest absolute Gasteiger partial charge is 0.251 e. The molecule has 0 bridgehead atoms. The van der Waals surface area contributed by atoms with Crippen LogP contribution in [0.2, 0.25) is 0 Å². The van der Waals surface area contributed by atoms with Crippen LogP contribution in [-0.4, -0.2) is 38.3 Å². The number of nitrogens with zero attached hydrogens (tertiary/aromatic N) is 3. The Morgan fingerprint density at radius 2 is 1.89 bits per heavy atom. The number of anilines is 1. The van der Waals surface area contributed by atoms with Crippen LogP contribution in [0.1, 0.15) is 29.4 Å². The first-order chi connectivity index (χ1) is 17.8. The molecule has 5 rings (SSSR count). The van der Waals surface area contributed by atoms with Crippen LogP contribution in [0.3, 0.4) is 0 Å². The second-order valence-corrected chi connectivity index (χ2v) is 8.90. The molecule has 8 heteroatoms. The summed E-state index contributed by atoms with van der Waals surface area (Å²) in [7, 11) is 1.73. The molecule has 1 unspecified atom stereocenters. The third-order valence-corrected chi connectivity index (χ3v) is 6.29. The first kappa shape index (κ1) is 24.0. The lowest BCUT2D eigenvalue weighted by Crippen LogP contribution is -2.35. The molecule has 0 aliphatic carbocycles. The minimum Gasteiger partial charge on any atom is -0.322 e. The molecule has 1 atom stereocenters. The lowest BCUT2D eigenvalue weighted by Gasteiger charge is -2.12. The number of pyridine rings is 3. The number of hydrogen-bond acceptors (Lipinski definition) is 5. The number of benzene rings is 1. The van der Waals surface area contributed by atoms with Gasteiger partial charge < -0.3 is 15.6 Å². The van der Waals surface area contributed by atoms with E-state index in [0.29, 0.717) is 17.1 Å². The number of nitrogens with one attached hydrogen (secondary N) is 3. The van der Waals surface area contributed by atoms with E-state index >= 15 is 0 Å². The van der Waals surface area contributed by atoms with Gasteiger partial charge in [-0.15, -0.1) is 0 Å². The molecule has 0 aliphatic heterocycles. The van der Waals surface area contributed by atoms with Gasteiger partial charge in [0.05, 0.1) is 17.4 Å². The van der Waals surface area contributed by atoms with Crippen molar-refractivity contribution in [2.24, 2.45) is 0 Å². The Bertz CT molecular complexity index is 1790. The molecule has 3 N–H and O–H groups in total. The quantitative estimate of drug-likeness (QED) is 0.333. The van der Waals surface area contributed by atoms with Crippen molar-refractivity contribution in [2.45, 2.75) is 26.8 Å². The molecule has 0 saturated carbocycles. The van der Waals surface area contributed by atoms with E-state index in [1.807, 2.05) is 66.1 Å². The number of aromatic nitrogens is 4. The highest BCUT2D eigenvalue weighted by molar-refractivity contribution is 5.94. The number of carbonyl (C=O) groups is 1. The summed E-state index contributed by atoms with van der Waals surface area (Å²) >= 11 is 0. The van der Waals surface area contributed by atoms with Crippen molar-refractivity contribution in [3.05, 3.63) is 93.7 Å².